The second-order valence-electron chi connectivity index (χ2n) is 5.64. The minimum Gasteiger partial charge on any atom is -0.336 e. The van der Waals surface area contributed by atoms with Crippen LogP contribution in [0, 0.1) is 12.3 Å². The number of hydrogen-bond acceptors (Lipinski definition) is 5. The van der Waals surface area contributed by atoms with E-state index in [9.17, 15) is 21.6 Å². The Bertz CT molecular complexity index is 894. The van der Waals surface area contributed by atoms with Crippen LogP contribution >= 0.6 is 0 Å². The van der Waals surface area contributed by atoms with Gasteiger partial charge < -0.3 is 4.90 Å². The number of hydrogen-bond donors (Lipinski definition) is 1. The molecule has 1 aliphatic heterocycles. The van der Waals surface area contributed by atoms with Crippen LogP contribution in [0.2, 0.25) is 0 Å². The van der Waals surface area contributed by atoms with Gasteiger partial charge in [-0.3, -0.25) is 4.79 Å². The molecular formula is C16H21N3O5S2. The first kappa shape index (κ1) is 20.4. The molecule has 0 aromatic heterocycles. The molecule has 1 amide bonds. The largest absolute Gasteiger partial charge is 0.336 e. The van der Waals surface area contributed by atoms with Gasteiger partial charge in [-0.25, -0.2) is 16.8 Å². The standard InChI is InChI=1S/C16H21N3O5S2/c1-3-9-17-26(23,24)15-7-5-14(6-8-15)16(20)18-10-12-19(13-11-18)25(21,22)4-2/h1,5-8,17H,4,9-13H2,2H3. The topological polar surface area (TPSA) is 104 Å². The summed E-state index contributed by atoms with van der Waals surface area (Å²) in [5.41, 5.74) is 0.340. The third-order valence-electron chi connectivity index (χ3n) is 4.06. The van der Waals surface area contributed by atoms with Gasteiger partial charge in [0.15, 0.2) is 0 Å². The van der Waals surface area contributed by atoms with Gasteiger partial charge in [0.1, 0.15) is 0 Å². The summed E-state index contributed by atoms with van der Waals surface area (Å²) in [5, 5.41) is 0. The Balaban J connectivity index is 2.04. The molecule has 1 aliphatic rings. The number of rotatable bonds is 6. The summed E-state index contributed by atoms with van der Waals surface area (Å²) in [7, 11) is -6.96. The van der Waals surface area contributed by atoms with E-state index in [-0.39, 0.29) is 36.2 Å². The van der Waals surface area contributed by atoms with Gasteiger partial charge in [0.05, 0.1) is 17.2 Å². The van der Waals surface area contributed by atoms with Crippen LogP contribution in [0.4, 0.5) is 0 Å². The lowest BCUT2D eigenvalue weighted by Gasteiger charge is -2.33. The van der Waals surface area contributed by atoms with Crippen LogP contribution < -0.4 is 4.72 Å². The second-order valence-corrected chi connectivity index (χ2v) is 9.67. The van der Waals surface area contributed by atoms with Gasteiger partial charge in [-0.1, -0.05) is 5.92 Å². The van der Waals surface area contributed by atoms with Gasteiger partial charge in [-0.15, -0.1) is 6.42 Å². The van der Waals surface area contributed by atoms with Gasteiger partial charge in [-0.05, 0) is 31.2 Å². The van der Waals surface area contributed by atoms with Crippen LogP contribution in [0.3, 0.4) is 0 Å². The summed E-state index contributed by atoms with van der Waals surface area (Å²) >= 11 is 0. The van der Waals surface area contributed by atoms with Crippen LogP contribution in [0.5, 0.6) is 0 Å². The van der Waals surface area contributed by atoms with E-state index in [0.29, 0.717) is 18.7 Å². The van der Waals surface area contributed by atoms with Crippen LogP contribution in [0.15, 0.2) is 29.2 Å². The van der Waals surface area contributed by atoms with Crippen molar-refractivity contribution in [3.63, 3.8) is 0 Å². The van der Waals surface area contributed by atoms with Gasteiger partial charge in [-0.2, -0.15) is 9.03 Å². The number of nitrogens with zero attached hydrogens (tertiary/aromatic N) is 2. The van der Waals surface area contributed by atoms with Crippen molar-refractivity contribution < 1.29 is 21.6 Å². The summed E-state index contributed by atoms with van der Waals surface area (Å²) in [6, 6.07) is 5.54. The molecule has 8 nitrogen and oxygen atoms in total. The average Bonchev–Trinajstić information content (AvgIpc) is 2.66. The lowest BCUT2D eigenvalue weighted by atomic mass is 10.2. The van der Waals surface area contributed by atoms with Crippen molar-refractivity contribution in [1.82, 2.24) is 13.9 Å². The number of carbonyl (C=O) groups excluding carboxylic acids is 1. The maximum atomic E-state index is 12.5. The van der Waals surface area contributed by atoms with Crippen molar-refractivity contribution >= 4 is 26.0 Å². The fraction of sp³-hybridized carbons (Fsp3) is 0.438. The monoisotopic (exact) mass is 399 g/mol. The molecule has 0 aliphatic carbocycles. The number of sulfonamides is 2. The average molecular weight is 399 g/mol. The molecule has 0 atom stereocenters. The fourth-order valence-electron chi connectivity index (χ4n) is 2.53. The second kappa shape index (κ2) is 8.18. The predicted octanol–water partition coefficient (Wildman–Crippen LogP) is -0.294. The van der Waals surface area contributed by atoms with Gasteiger partial charge in [0.25, 0.3) is 5.91 Å². The number of amides is 1. The molecule has 0 unspecified atom stereocenters. The van der Waals surface area contributed by atoms with Crippen LogP contribution in [0.1, 0.15) is 17.3 Å². The maximum absolute atomic E-state index is 12.5. The highest BCUT2D eigenvalue weighted by atomic mass is 32.2. The van der Waals surface area contributed by atoms with Crippen molar-refractivity contribution in [2.24, 2.45) is 0 Å². The van der Waals surface area contributed by atoms with Crippen molar-refractivity contribution in [3.8, 4) is 12.3 Å². The molecule has 1 fully saturated rings. The van der Waals surface area contributed by atoms with E-state index in [2.05, 4.69) is 10.6 Å². The van der Waals surface area contributed by atoms with E-state index in [1.165, 1.54) is 28.6 Å². The third kappa shape index (κ3) is 4.62. The molecular weight excluding hydrogens is 378 g/mol. The molecule has 1 heterocycles. The summed E-state index contributed by atoms with van der Waals surface area (Å²) in [6.07, 6.45) is 5.04. The molecule has 0 saturated carbocycles. The van der Waals surface area contributed by atoms with E-state index < -0.39 is 20.0 Å². The zero-order valence-corrected chi connectivity index (χ0v) is 16.0. The zero-order chi connectivity index (χ0) is 19.4. The van der Waals surface area contributed by atoms with Crippen molar-refractivity contribution in [2.75, 3.05) is 38.5 Å². The highest BCUT2D eigenvalue weighted by Crippen LogP contribution is 2.14. The van der Waals surface area contributed by atoms with Crippen LogP contribution in [-0.2, 0) is 20.0 Å². The van der Waals surface area contributed by atoms with Gasteiger partial charge >= 0.3 is 0 Å². The van der Waals surface area contributed by atoms with Crippen LogP contribution in [0.25, 0.3) is 0 Å². The fourth-order valence-corrected chi connectivity index (χ4v) is 4.55. The van der Waals surface area contributed by atoms with Gasteiger partial charge in [0.2, 0.25) is 20.0 Å². The zero-order valence-electron chi connectivity index (χ0n) is 14.4. The Kier molecular flexibility index (Phi) is 6.41. The summed E-state index contributed by atoms with van der Waals surface area (Å²) < 4.78 is 51.3. The Labute approximate surface area is 154 Å². The number of benzene rings is 1. The van der Waals surface area contributed by atoms with Crippen molar-refractivity contribution in [3.05, 3.63) is 29.8 Å². The van der Waals surface area contributed by atoms with E-state index in [4.69, 9.17) is 6.42 Å². The number of terminal acetylenes is 1. The molecule has 0 bridgehead atoms. The summed E-state index contributed by atoms with van der Waals surface area (Å²) in [5.74, 6) is 1.95. The lowest BCUT2D eigenvalue weighted by Crippen LogP contribution is -2.50. The first-order chi connectivity index (χ1) is 12.2. The molecule has 2 rings (SSSR count). The van der Waals surface area contributed by atoms with Crippen molar-refractivity contribution in [2.45, 2.75) is 11.8 Å². The molecule has 1 aromatic rings. The SMILES string of the molecule is C#CCNS(=O)(=O)c1ccc(C(=O)N2CCN(S(=O)(=O)CC)CC2)cc1. The quantitative estimate of drug-likeness (QED) is 0.662. The Morgan fingerprint density at radius 3 is 2.19 bits per heavy atom. The Hall–Kier alpha value is -1.93. The molecule has 26 heavy (non-hydrogen) atoms. The van der Waals surface area contributed by atoms with E-state index in [0.717, 1.165) is 0 Å². The molecule has 142 valence electrons. The minimum atomic E-state index is -3.71. The lowest BCUT2D eigenvalue weighted by molar-refractivity contribution is 0.0698. The Morgan fingerprint density at radius 2 is 1.69 bits per heavy atom. The molecule has 0 spiro atoms. The smallest absolute Gasteiger partial charge is 0.253 e. The minimum absolute atomic E-state index is 0.0168. The molecule has 10 heteroatoms. The number of carbonyl (C=O) groups is 1. The van der Waals surface area contributed by atoms with Crippen molar-refractivity contribution in [1.29, 1.82) is 0 Å². The molecule has 1 aromatic carbocycles. The van der Waals surface area contributed by atoms with Gasteiger partial charge in [0, 0.05) is 31.7 Å². The first-order valence-corrected chi connectivity index (χ1v) is 11.1. The van der Waals surface area contributed by atoms with E-state index >= 15 is 0 Å². The Morgan fingerprint density at radius 1 is 1.12 bits per heavy atom. The van der Waals surface area contributed by atoms with Crippen LogP contribution in [-0.4, -0.2) is 70.4 Å². The normalized spacial score (nSPS) is 16.2. The van der Waals surface area contributed by atoms with E-state index in [1.54, 1.807) is 11.8 Å². The highest BCUT2D eigenvalue weighted by molar-refractivity contribution is 7.89. The third-order valence-corrected chi connectivity index (χ3v) is 7.36. The number of nitrogens with one attached hydrogen (secondary N) is 1. The van der Waals surface area contributed by atoms with E-state index in [1.807, 2.05) is 0 Å². The highest BCUT2D eigenvalue weighted by Gasteiger charge is 2.28. The summed E-state index contributed by atoms with van der Waals surface area (Å²) in [4.78, 5) is 14.1. The maximum Gasteiger partial charge on any atom is 0.253 e. The summed E-state index contributed by atoms with van der Waals surface area (Å²) in [6.45, 7) is 2.56. The molecule has 1 N–H and O–H groups in total. The first-order valence-electron chi connectivity index (χ1n) is 8.01. The molecule has 1 saturated heterocycles. The predicted molar refractivity (Wildman–Crippen MR) is 97.4 cm³/mol. The molecule has 0 radical (unpaired) electrons. The number of piperazine rings is 1.